The van der Waals surface area contributed by atoms with Gasteiger partial charge in [0.15, 0.2) is 0 Å². The van der Waals surface area contributed by atoms with Gasteiger partial charge in [-0.3, -0.25) is 0 Å². The van der Waals surface area contributed by atoms with Gasteiger partial charge in [-0.1, -0.05) is 44.9 Å². The Kier molecular flexibility index (Phi) is 6.50. The van der Waals surface area contributed by atoms with Crippen LogP contribution in [0.15, 0.2) is 0 Å². The first-order valence-corrected chi connectivity index (χ1v) is 8.30. The molecule has 0 aromatic heterocycles. The third kappa shape index (κ3) is 4.89. The van der Waals surface area contributed by atoms with Crippen LogP contribution in [0.2, 0.25) is 0 Å². The minimum Gasteiger partial charge on any atom is -0.313 e. The molecule has 2 heteroatoms. The van der Waals surface area contributed by atoms with Gasteiger partial charge in [0.2, 0.25) is 0 Å². The van der Waals surface area contributed by atoms with Gasteiger partial charge in [0, 0.05) is 25.2 Å². The van der Waals surface area contributed by atoms with Crippen molar-refractivity contribution in [1.29, 1.82) is 0 Å². The molecule has 0 radical (unpaired) electrons. The van der Waals surface area contributed by atoms with Crippen molar-refractivity contribution in [3.63, 3.8) is 0 Å². The highest BCUT2D eigenvalue weighted by atomic mass is 15.1. The van der Waals surface area contributed by atoms with Gasteiger partial charge in [-0.15, -0.1) is 0 Å². The van der Waals surface area contributed by atoms with Gasteiger partial charge in [0.25, 0.3) is 0 Å². The van der Waals surface area contributed by atoms with Crippen LogP contribution in [0.1, 0.15) is 70.6 Å². The summed E-state index contributed by atoms with van der Waals surface area (Å²) in [5, 5.41) is 3.80. The normalized spacial score (nSPS) is 24.3. The lowest BCUT2D eigenvalue weighted by Crippen LogP contribution is -2.39. The van der Waals surface area contributed by atoms with Crippen LogP contribution < -0.4 is 5.32 Å². The summed E-state index contributed by atoms with van der Waals surface area (Å²) in [6.07, 6.45) is 15.8. The van der Waals surface area contributed by atoms with Crippen molar-refractivity contribution in [3.05, 3.63) is 0 Å². The fourth-order valence-electron chi connectivity index (χ4n) is 3.63. The summed E-state index contributed by atoms with van der Waals surface area (Å²) in [4.78, 5) is 2.59. The molecule has 0 atom stereocenters. The largest absolute Gasteiger partial charge is 0.313 e. The Balaban J connectivity index is 1.58. The van der Waals surface area contributed by atoms with Crippen LogP contribution in [0.5, 0.6) is 0 Å². The van der Waals surface area contributed by atoms with E-state index in [2.05, 4.69) is 17.3 Å². The first-order valence-electron chi connectivity index (χ1n) is 8.30. The molecule has 0 aliphatic heterocycles. The molecule has 2 aliphatic rings. The lowest BCUT2D eigenvalue weighted by Gasteiger charge is -2.26. The molecule has 2 rings (SSSR count). The standard InChI is InChI=1S/C16H32N2/c1-18(16-11-7-8-12-16)14-13-17-15-9-5-3-2-4-6-10-15/h15-17H,2-14H2,1H3. The second kappa shape index (κ2) is 8.16. The zero-order chi connectivity index (χ0) is 12.6. The summed E-state index contributed by atoms with van der Waals surface area (Å²) in [5.74, 6) is 0. The van der Waals surface area contributed by atoms with Gasteiger partial charge in [0.1, 0.15) is 0 Å². The van der Waals surface area contributed by atoms with Crippen molar-refractivity contribution >= 4 is 0 Å². The van der Waals surface area contributed by atoms with Crippen LogP contribution in [0.4, 0.5) is 0 Å². The van der Waals surface area contributed by atoms with E-state index >= 15 is 0 Å². The van der Waals surface area contributed by atoms with E-state index in [4.69, 9.17) is 0 Å². The van der Waals surface area contributed by atoms with Crippen molar-refractivity contribution in [2.45, 2.75) is 82.7 Å². The topological polar surface area (TPSA) is 15.3 Å². The maximum absolute atomic E-state index is 3.80. The summed E-state index contributed by atoms with van der Waals surface area (Å²) in [5.41, 5.74) is 0. The lowest BCUT2D eigenvalue weighted by atomic mass is 9.97. The van der Waals surface area contributed by atoms with Crippen LogP contribution in [0.25, 0.3) is 0 Å². The van der Waals surface area contributed by atoms with Crippen LogP contribution in [0, 0.1) is 0 Å². The third-order valence-corrected chi connectivity index (χ3v) is 4.95. The van der Waals surface area contributed by atoms with Crippen LogP contribution in [0.3, 0.4) is 0 Å². The van der Waals surface area contributed by atoms with Crippen molar-refractivity contribution in [2.24, 2.45) is 0 Å². The van der Waals surface area contributed by atoms with Crippen molar-refractivity contribution in [1.82, 2.24) is 10.2 Å². The predicted octanol–water partition coefficient (Wildman–Crippen LogP) is 3.56. The molecule has 1 N–H and O–H groups in total. The Labute approximate surface area is 114 Å². The molecule has 0 amide bonds. The SMILES string of the molecule is CN(CCNC1CCCCCCC1)C1CCCC1. The van der Waals surface area contributed by atoms with Gasteiger partial charge in [-0.05, 0) is 32.7 Å². The minimum absolute atomic E-state index is 0.808. The molecule has 2 nitrogen and oxygen atoms in total. The highest BCUT2D eigenvalue weighted by Gasteiger charge is 2.19. The molecule has 2 fully saturated rings. The molecular weight excluding hydrogens is 220 g/mol. The van der Waals surface area contributed by atoms with E-state index in [-0.39, 0.29) is 0 Å². The Morgan fingerprint density at radius 1 is 0.833 bits per heavy atom. The Morgan fingerprint density at radius 2 is 1.39 bits per heavy atom. The number of likely N-dealkylation sites (N-methyl/N-ethyl adjacent to an activating group) is 1. The van der Waals surface area contributed by atoms with E-state index in [1.54, 1.807) is 0 Å². The fraction of sp³-hybridized carbons (Fsp3) is 1.00. The summed E-state index contributed by atoms with van der Waals surface area (Å²) < 4.78 is 0. The molecule has 0 aromatic rings. The average Bonchev–Trinajstić information content (AvgIpc) is 2.85. The monoisotopic (exact) mass is 252 g/mol. The molecule has 2 aliphatic carbocycles. The summed E-state index contributed by atoms with van der Waals surface area (Å²) in [6.45, 7) is 2.43. The first-order chi connectivity index (χ1) is 8.86. The second-order valence-electron chi connectivity index (χ2n) is 6.42. The number of nitrogens with one attached hydrogen (secondary N) is 1. The number of hydrogen-bond donors (Lipinski definition) is 1. The molecular formula is C16H32N2. The number of nitrogens with zero attached hydrogens (tertiary/aromatic N) is 1. The van der Waals surface area contributed by atoms with Gasteiger partial charge < -0.3 is 10.2 Å². The van der Waals surface area contributed by atoms with E-state index < -0.39 is 0 Å². The summed E-state index contributed by atoms with van der Waals surface area (Å²) >= 11 is 0. The molecule has 18 heavy (non-hydrogen) atoms. The maximum Gasteiger partial charge on any atom is 0.0107 e. The molecule has 0 saturated heterocycles. The highest BCUT2D eigenvalue weighted by Crippen LogP contribution is 2.22. The van der Waals surface area contributed by atoms with E-state index in [0.29, 0.717) is 0 Å². The van der Waals surface area contributed by atoms with Crippen molar-refractivity contribution in [3.8, 4) is 0 Å². The average molecular weight is 252 g/mol. The first kappa shape index (κ1) is 14.3. The fourth-order valence-corrected chi connectivity index (χ4v) is 3.63. The molecule has 0 bridgehead atoms. The van der Waals surface area contributed by atoms with Crippen LogP contribution in [-0.4, -0.2) is 37.1 Å². The van der Waals surface area contributed by atoms with Crippen molar-refractivity contribution in [2.75, 3.05) is 20.1 Å². The Bertz CT molecular complexity index is 203. The number of rotatable bonds is 5. The highest BCUT2D eigenvalue weighted by molar-refractivity contribution is 4.76. The Morgan fingerprint density at radius 3 is 2.06 bits per heavy atom. The molecule has 0 unspecified atom stereocenters. The van der Waals surface area contributed by atoms with Gasteiger partial charge in [0.05, 0.1) is 0 Å². The lowest BCUT2D eigenvalue weighted by molar-refractivity contribution is 0.239. The van der Waals surface area contributed by atoms with Crippen LogP contribution in [-0.2, 0) is 0 Å². The smallest absolute Gasteiger partial charge is 0.0107 e. The van der Waals surface area contributed by atoms with E-state index in [9.17, 15) is 0 Å². The van der Waals surface area contributed by atoms with Crippen LogP contribution >= 0.6 is 0 Å². The van der Waals surface area contributed by atoms with E-state index in [1.165, 1.54) is 83.7 Å². The predicted molar refractivity (Wildman–Crippen MR) is 79.0 cm³/mol. The van der Waals surface area contributed by atoms with Gasteiger partial charge >= 0.3 is 0 Å². The van der Waals surface area contributed by atoms with E-state index in [0.717, 1.165) is 12.1 Å². The zero-order valence-electron chi connectivity index (χ0n) is 12.3. The van der Waals surface area contributed by atoms with Gasteiger partial charge in [-0.2, -0.15) is 0 Å². The molecule has 0 spiro atoms. The minimum atomic E-state index is 0.808. The summed E-state index contributed by atoms with van der Waals surface area (Å²) in [7, 11) is 2.32. The van der Waals surface area contributed by atoms with Gasteiger partial charge in [-0.25, -0.2) is 0 Å². The quantitative estimate of drug-likeness (QED) is 0.805. The second-order valence-corrected chi connectivity index (χ2v) is 6.42. The van der Waals surface area contributed by atoms with Crippen molar-refractivity contribution < 1.29 is 0 Å². The molecule has 0 aromatic carbocycles. The maximum atomic E-state index is 3.80. The third-order valence-electron chi connectivity index (χ3n) is 4.95. The Hall–Kier alpha value is -0.0800. The summed E-state index contributed by atoms with van der Waals surface area (Å²) in [6, 6.07) is 1.69. The molecule has 106 valence electrons. The zero-order valence-corrected chi connectivity index (χ0v) is 12.3. The number of hydrogen-bond acceptors (Lipinski definition) is 2. The van der Waals surface area contributed by atoms with E-state index in [1.807, 2.05) is 0 Å². The molecule has 2 saturated carbocycles. The molecule has 0 heterocycles.